The molecule has 0 saturated carbocycles. The highest BCUT2D eigenvalue weighted by Crippen LogP contribution is 2.16. The number of methoxy groups -OCH3 is 1. The Morgan fingerprint density at radius 1 is 0.935 bits per heavy atom. The van der Waals surface area contributed by atoms with Crippen LogP contribution in [0.3, 0.4) is 0 Å². The van der Waals surface area contributed by atoms with Gasteiger partial charge in [-0.25, -0.2) is 5.43 Å². The maximum absolute atomic E-state index is 12.3. The maximum Gasteiger partial charge on any atom is 0.273 e. The summed E-state index contributed by atoms with van der Waals surface area (Å²) in [4.78, 5) is 24.2. The van der Waals surface area contributed by atoms with Crippen molar-refractivity contribution in [3.05, 3.63) is 96.1 Å². The molecule has 0 fully saturated rings. The predicted molar refractivity (Wildman–Crippen MR) is 119 cm³/mol. The molecule has 2 amide bonds. The minimum absolute atomic E-state index is 0.101. The third-order valence-electron chi connectivity index (χ3n) is 4.27. The molecule has 0 unspecified atom stereocenters. The van der Waals surface area contributed by atoms with Crippen LogP contribution < -0.4 is 15.5 Å². The number of anilines is 1. The first-order valence-electron chi connectivity index (χ1n) is 9.64. The van der Waals surface area contributed by atoms with Gasteiger partial charge >= 0.3 is 0 Å². The van der Waals surface area contributed by atoms with Crippen LogP contribution in [0.5, 0.6) is 5.75 Å². The number of carbonyl (C=O) groups is 2. The summed E-state index contributed by atoms with van der Waals surface area (Å²) >= 11 is 0. The number of para-hydroxylation sites is 1. The summed E-state index contributed by atoms with van der Waals surface area (Å²) in [6, 6.07) is 25.3. The largest absolute Gasteiger partial charge is 0.484 e. The Labute approximate surface area is 180 Å². The number of rotatable bonds is 9. The van der Waals surface area contributed by atoms with E-state index in [1.165, 1.54) is 13.3 Å². The molecule has 0 bridgehead atoms. The summed E-state index contributed by atoms with van der Waals surface area (Å²) in [5.41, 5.74) is 4.70. The normalized spacial score (nSPS) is 11.6. The summed E-state index contributed by atoms with van der Waals surface area (Å²) in [6.45, 7) is -0.101. The van der Waals surface area contributed by atoms with Crippen molar-refractivity contribution in [3.63, 3.8) is 0 Å². The molecule has 31 heavy (non-hydrogen) atoms. The number of benzene rings is 3. The van der Waals surface area contributed by atoms with E-state index in [9.17, 15) is 9.59 Å². The fourth-order valence-electron chi connectivity index (χ4n) is 2.77. The van der Waals surface area contributed by atoms with Crippen LogP contribution in [0.1, 0.15) is 17.2 Å². The lowest BCUT2D eigenvalue weighted by Gasteiger charge is -2.13. The van der Waals surface area contributed by atoms with E-state index in [0.29, 0.717) is 11.4 Å². The fraction of sp³-hybridized carbons (Fsp3) is 0.125. The van der Waals surface area contributed by atoms with Gasteiger partial charge in [-0.3, -0.25) is 9.59 Å². The van der Waals surface area contributed by atoms with E-state index in [-0.39, 0.29) is 18.4 Å². The van der Waals surface area contributed by atoms with Crippen LogP contribution in [0.4, 0.5) is 5.69 Å². The average molecular weight is 417 g/mol. The van der Waals surface area contributed by atoms with Crippen molar-refractivity contribution < 1.29 is 19.1 Å². The van der Waals surface area contributed by atoms with Crippen molar-refractivity contribution in [1.82, 2.24) is 5.43 Å². The minimum Gasteiger partial charge on any atom is -0.484 e. The molecule has 0 spiro atoms. The Morgan fingerprint density at radius 2 is 1.58 bits per heavy atom. The van der Waals surface area contributed by atoms with Crippen LogP contribution in [-0.4, -0.2) is 31.7 Å². The zero-order valence-corrected chi connectivity index (χ0v) is 17.0. The van der Waals surface area contributed by atoms with Crippen LogP contribution in [-0.2, 0) is 14.3 Å². The molecule has 1 atom stereocenters. The average Bonchev–Trinajstić information content (AvgIpc) is 2.80. The molecule has 0 heterocycles. The van der Waals surface area contributed by atoms with Crippen molar-refractivity contribution in [2.75, 3.05) is 19.0 Å². The van der Waals surface area contributed by atoms with Crippen molar-refractivity contribution >= 4 is 23.7 Å². The van der Waals surface area contributed by atoms with Crippen molar-refractivity contribution in [2.24, 2.45) is 5.10 Å². The molecule has 3 rings (SSSR count). The zero-order chi connectivity index (χ0) is 21.9. The highest BCUT2D eigenvalue weighted by atomic mass is 16.5. The van der Waals surface area contributed by atoms with Gasteiger partial charge in [-0.2, -0.15) is 5.10 Å². The standard InChI is InChI=1S/C24H23N3O4/c1-30-23(19-8-4-2-5-9-19)24(29)27-25-16-18-12-14-21(15-13-18)31-17-22(28)26-20-10-6-3-7-11-20/h2-16,23H,17H2,1H3,(H,26,28)(H,27,29)/b25-16-/t23-/m1/s1. The summed E-state index contributed by atoms with van der Waals surface area (Å²) in [7, 11) is 1.47. The number of hydrogen-bond acceptors (Lipinski definition) is 5. The molecule has 2 N–H and O–H groups in total. The molecule has 158 valence electrons. The van der Waals surface area contributed by atoms with Crippen molar-refractivity contribution in [2.45, 2.75) is 6.10 Å². The number of carbonyl (C=O) groups excluding carboxylic acids is 2. The molecular weight excluding hydrogens is 394 g/mol. The Balaban J connectivity index is 1.47. The van der Waals surface area contributed by atoms with Crippen LogP contribution >= 0.6 is 0 Å². The van der Waals surface area contributed by atoms with Gasteiger partial charge in [0.2, 0.25) is 0 Å². The van der Waals surface area contributed by atoms with Gasteiger partial charge in [0.1, 0.15) is 5.75 Å². The number of amides is 2. The zero-order valence-electron chi connectivity index (χ0n) is 17.0. The van der Waals surface area contributed by atoms with Crippen LogP contribution in [0, 0.1) is 0 Å². The van der Waals surface area contributed by atoms with Crippen LogP contribution in [0.15, 0.2) is 90.0 Å². The van der Waals surface area contributed by atoms with E-state index < -0.39 is 6.10 Å². The van der Waals surface area contributed by atoms with Gasteiger partial charge < -0.3 is 14.8 Å². The second kappa shape index (κ2) is 11.3. The molecule has 0 radical (unpaired) electrons. The Kier molecular flexibility index (Phi) is 7.90. The molecule has 3 aromatic carbocycles. The molecule has 0 aliphatic heterocycles. The van der Waals surface area contributed by atoms with Gasteiger partial charge in [0.15, 0.2) is 12.7 Å². The molecule has 0 aliphatic carbocycles. The van der Waals surface area contributed by atoms with Gasteiger partial charge in [-0.15, -0.1) is 0 Å². The lowest BCUT2D eigenvalue weighted by Crippen LogP contribution is -2.26. The lowest BCUT2D eigenvalue weighted by molar-refractivity contribution is -0.131. The van der Waals surface area contributed by atoms with Crippen LogP contribution in [0.2, 0.25) is 0 Å². The van der Waals surface area contributed by atoms with Gasteiger partial charge in [-0.05, 0) is 47.5 Å². The molecule has 7 nitrogen and oxygen atoms in total. The third-order valence-corrected chi connectivity index (χ3v) is 4.27. The second-order valence-electron chi connectivity index (χ2n) is 6.53. The number of nitrogens with one attached hydrogen (secondary N) is 2. The topological polar surface area (TPSA) is 89.0 Å². The number of hydrogen-bond donors (Lipinski definition) is 2. The van der Waals surface area contributed by atoms with Gasteiger partial charge in [0.25, 0.3) is 11.8 Å². The molecule has 3 aromatic rings. The smallest absolute Gasteiger partial charge is 0.273 e. The Morgan fingerprint density at radius 3 is 2.23 bits per heavy atom. The predicted octanol–water partition coefficient (Wildman–Crippen LogP) is 3.54. The molecule has 7 heteroatoms. The number of hydrazone groups is 1. The highest BCUT2D eigenvalue weighted by Gasteiger charge is 2.19. The first-order chi connectivity index (χ1) is 15.2. The van der Waals surface area contributed by atoms with E-state index >= 15 is 0 Å². The van der Waals surface area contributed by atoms with E-state index in [1.54, 1.807) is 36.4 Å². The summed E-state index contributed by atoms with van der Waals surface area (Å²) in [5, 5.41) is 6.73. The number of ether oxygens (including phenoxy) is 2. The molecule has 0 aromatic heterocycles. The van der Waals surface area contributed by atoms with Gasteiger partial charge in [0, 0.05) is 12.8 Å². The monoisotopic (exact) mass is 417 g/mol. The van der Waals surface area contributed by atoms with E-state index in [0.717, 1.165) is 11.1 Å². The van der Waals surface area contributed by atoms with Gasteiger partial charge in [0.05, 0.1) is 6.21 Å². The SMILES string of the molecule is CO[C@@H](C(=O)N/N=C\c1ccc(OCC(=O)Nc2ccccc2)cc1)c1ccccc1. The Hall–Kier alpha value is -3.97. The molecule has 0 aliphatic rings. The summed E-state index contributed by atoms with van der Waals surface area (Å²) < 4.78 is 10.8. The second-order valence-corrected chi connectivity index (χ2v) is 6.53. The maximum atomic E-state index is 12.3. The molecular formula is C24H23N3O4. The van der Waals surface area contributed by atoms with E-state index in [1.807, 2.05) is 48.5 Å². The summed E-state index contributed by atoms with van der Waals surface area (Å²) in [6.07, 6.45) is 0.776. The summed E-state index contributed by atoms with van der Waals surface area (Å²) in [5.74, 6) is -0.0621. The number of nitrogens with zero attached hydrogens (tertiary/aromatic N) is 1. The van der Waals surface area contributed by atoms with Gasteiger partial charge in [-0.1, -0.05) is 48.5 Å². The quantitative estimate of drug-likeness (QED) is 0.412. The Bertz CT molecular complexity index is 1010. The molecule has 0 saturated heterocycles. The van der Waals surface area contributed by atoms with Crippen LogP contribution in [0.25, 0.3) is 0 Å². The van der Waals surface area contributed by atoms with Crippen molar-refractivity contribution in [1.29, 1.82) is 0 Å². The van der Waals surface area contributed by atoms with E-state index in [4.69, 9.17) is 9.47 Å². The third kappa shape index (κ3) is 6.80. The lowest BCUT2D eigenvalue weighted by atomic mass is 10.1. The fourth-order valence-corrected chi connectivity index (χ4v) is 2.77. The first-order valence-corrected chi connectivity index (χ1v) is 9.64. The van der Waals surface area contributed by atoms with Crippen molar-refractivity contribution in [3.8, 4) is 5.75 Å². The van der Waals surface area contributed by atoms with E-state index in [2.05, 4.69) is 15.8 Å². The first kappa shape index (κ1) is 21.7. The highest BCUT2D eigenvalue weighted by molar-refractivity contribution is 5.91. The minimum atomic E-state index is -0.740.